The molecular weight excluding hydrogens is 308 g/mol. The lowest BCUT2D eigenvalue weighted by atomic mass is 9.94. The molecule has 1 saturated heterocycles. The molecule has 1 aromatic heterocycles. The van der Waals surface area contributed by atoms with Gasteiger partial charge in [-0.05, 0) is 31.7 Å². The molecule has 1 aliphatic heterocycles. The van der Waals surface area contributed by atoms with E-state index in [4.69, 9.17) is 0 Å². The molecule has 1 aromatic rings. The number of rotatable bonds is 4. The van der Waals surface area contributed by atoms with Crippen LogP contribution in [0.3, 0.4) is 0 Å². The van der Waals surface area contributed by atoms with Crippen molar-refractivity contribution >= 4 is 5.91 Å². The molecular formula is C17H26N4O3. The van der Waals surface area contributed by atoms with Gasteiger partial charge in [-0.1, -0.05) is 19.3 Å². The molecule has 7 heteroatoms. The third-order valence-corrected chi connectivity index (χ3v) is 5.31. The van der Waals surface area contributed by atoms with Crippen LogP contribution >= 0.6 is 0 Å². The van der Waals surface area contributed by atoms with E-state index in [0.29, 0.717) is 18.5 Å². The van der Waals surface area contributed by atoms with Crippen molar-refractivity contribution in [1.82, 2.24) is 19.8 Å². The Morgan fingerprint density at radius 1 is 1.25 bits per heavy atom. The molecule has 0 aromatic carbocycles. The summed E-state index contributed by atoms with van der Waals surface area (Å²) >= 11 is 0. The zero-order valence-electron chi connectivity index (χ0n) is 14.2. The quantitative estimate of drug-likeness (QED) is 0.837. The van der Waals surface area contributed by atoms with Crippen LogP contribution in [0.15, 0.2) is 15.8 Å². The van der Waals surface area contributed by atoms with Crippen molar-refractivity contribution < 1.29 is 4.79 Å². The Morgan fingerprint density at radius 3 is 2.75 bits per heavy atom. The Labute approximate surface area is 141 Å². The highest BCUT2D eigenvalue weighted by Gasteiger charge is 2.29. The molecule has 1 saturated carbocycles. The van der Waals surface area contributed by atoms with Gasteiger partial charge in [0.25, 0.3) is 11.5 Å². The Hall–Kier alpha value is -1.89. The third-order valence-electron chi connectivity index (χ3n) is 5.31. The molecule has 0 radical (unpaired) electrons. The standard InChI is InChI=1S/C17H26N4O3/c1-20-11-14(16(23)19-17(20)24)15(22)18-9-12-7-8-21(10-12)13-5-3-2-4-6-13/h11-13H,2-10H2,1H3,(H,18,22)(H,19,23,24)/t12-/m0/s1. The minimum Gasteiger partial charge on any atom is -0.351 e. The van der Waals surface area contributed by atoms with Crippen LogP contribution in [0.4, 0.5) is 0 Å². The number of aromatic amines is 1. The number of nitrogens with one attached hydrogen (secondary N) is 2. The van der Waals surface area contributed by atoms with Crippen LogP contribution in [0.5, 0.6) is 0 Å². The van der Waals surface area contributed by atoms with E-state index in [-0.39, 0.29) is 5.56 Å². The highest BCUT2D eigenvalue weighted by Crippen LogP contribution is 2.27. The second-order valence-corrected chi connectivity index (χ2v) is 7.06. The minimum absolute atomic E-state index is 0.0146. The van der Waals surface area contributed by atoms with E-state index < -0.39 is 17.2 Å². The van der Waals surface area contributed by atoms with Crippen LogP contribution < -0.4 is 16.6 Å². The van der Waals surface area contributed by atoms with Gasteiger partial charge in [0, 0.05) is 32.4 Å². The lowest BCUT2D eigenvalue weighted by molar-refractivity contribution is 0.0944. The van der Waals surface area contributed by atoms with Gasteiger partial charge in [0.1, 0.15) is 5.56 Å². The van der Waals surface area contributed by atoms with E-state index in [1.54, 1.807) is 0 Å². The maximum Gasteiger partial charge on any atom is 0.328 e. The normalized spacial score (nSPS) is 22.6. The number of nitrogens with zero attached hydrogens (tertiary/aromatic N) is 2. The first kappa shape index (κ1) is 17.0. The average Bonchev–Trinajstić information content (AvgIpc) is 3.06. The summed E-state index contributed by atoms with van der Waals surface area (Å²) in [4.78, 5) is 40.0. The molecule has 132 valence electrons. The van der Waals surface area contributed by atoms with Crippen molar-refractivity contribution in [2.45, 2.75) is 44.6 Å². The van der Waals surface area contributed by atoms with Crippen molar-refractivity contribution in [3.63, 3.8) is 0 Å². The Bertz CT molecular complexity index is 703. The van der Waals surface area contributed by atoms with Gasteiger partial charge in [-0.3, -0.25) is 14.6 Å². The number of H-pyrrole nitrogens is 1. The molecule has 1 amide bonds. The van der Waals surface area contributed by atoms with Crippen LogP contribution in [-0.2, 0) is 7.05 Å². The summed E-state index contributed by atoms with van der Waals surface area (Å²) in [7, 11) is 1.51. The maximum absolute atomic E-state index is 12.2. The van der Waals surface area contributed by atoms with Crippen LogP contribution in [0.25, 0.3) is 0 Å². The Kier molecular flexibility index (Phi) is 5.18. The number of aromatic nitrogens is 2. The number of aryl methyl sites for hydroxylation is 1. The number of carbonyl (C=O) groups is 1. The summed E-state index contributed by atoms with van der Waals surface area (Å²) < 4.78 is 1.21. The van der Waals surface area contributed by atoms with E-state index in [9.17, 15) is 14.4 Å². The molecule has 0 bridgehead atoms. The lowest BCUT2D eigenvalue weighted by Crippen LogP contribution is -2.39. The second kappa shape index (κ2) is 7.34. The van der Waals surface area contributed by atoms with E-state index >= 15 is 0 Å². The van der Waals surface area contributed by atoms with Crippen LogP contribution in [0.1, 0.15) is 48.9 Å². The molecule has 2 heterocycles. The SMILES string of the molecule is Cn1cc(C(=O)NC[C@@H]2CCN(C3CCCCC3)C2)c(=O)[nH]c1=O. The fourth-order valence-corrected chi connectivity index (χ4v) is 3.86. The van der Waals surface area contributed by atoms with Gasteiger partial charge in [-0.15, -0.1) is 0 Å². The number of amides is 1. The van der Waals surface area contributed by atoms with Gasteiger partial charge >= 0.3 is 5.69 Å². The summed E-state index contributed by atoms with van der Waals surface area (Å²) in [5.41, 5.74) is -1.17. The monoisotopic (exact) mass is 334 g/mol. The van der Waals surface area contributed by atoms with Gasteiger partial charge < -0.3 is 14.8 Å². The first-order chi connectivity index (χ1) is 11.5. The lowest BCUT2D eigenvalue weighted by Gasteiger charge is -2.31. The first-order valence-electron chi connectivity index (χ1n) is 8.87. The fourth-order valence-electron chi connectivity index (χ4n) is 3.86. The maximum atomic E-state index is 12.2. The highest BCUT2D eigenvalue weighted by molar-refractivity contribution is 5.93. The Balaban J connectivity index is 1.53. The molecule has 1 aliphatic carbocycles. The molecule has 0 unspecified atom stereocenters. The van der Waals surface area contributed by atoms with Crippen molar-refractivity contribution in [2.75, 3.05) is 19.6 Å². The number of likely N-dealkylation sites (tertiary alicyclic amines) is 1. The molecule has 3 rings (SSSR count). The van der Waals surface area contributed by atoms with E-state index in [1.165, 1.54) is 49.9 Å². The largest absolute Gasteiger partial charge is 0.351 e. The topological polar surface area (TPSA) is 87.2 Å². The zero-order chi connectivity index (χ0) is 17.1. The summed E-state index contributed by atoms with van der Waals surface area (Å²) in [6, 6.07) is 0.714. The predicted octanol–water partition coefficient (Wildman–Crippen LogP) is 0.458. The molecule has 2 N–H and O–H groups in total. The van der Waals surface area contributed by atoms with Gasteiger partial charge in [0.05, 0.1) is 0 Å². The molecule has 24 heavy (non-hydrogen) atoms. The van der Waals surface area contributed by atoms with E-state index in [0.717, 1.165) is 19.5 Å². The number of hydrogen-bond acceptors (Lipinski definition) is 4. The predicted molar refractivity (Wildman–Crippen MR) is 91.2 cm³/mol. The summed E-state index contributed by atoms with van der Waals surface area (Å²) in [6.07, 6.45) is 8.99. The van der Waals surface area contributed by atoms with Crippen LogP contribution in [0.2, 0.25) is 0 Å². The fraction of sp³-hybridized carbons (Fsp3) is 0.706. The summed E-state index contributed by atoms with van der Waals surface area (Å²) in [6.45, 7) is 2.70. The van der Waals surface area contributed by atoms with Gasteiger partial charge in [-0.2, -0.15) is 0 Å². The Morgan fingerprint density at radius 2 is 2.00 bits per heavy atom. The smallest absolute Gasteiger partial charge is 0.328 e. The number of carbonyl (C=O) groups excluding carboxylic acids is 1. The molecule has 1 atom stereocenters. The molecule has 2 aliphatic rings. The average molecular weight is 334 g/mol. The third kappa shape index (κ3) is 3.77. The summed E-state index contributed by atoms with van der Waals surface area (Å²) in [5.74, 6) is 0.0189. The van der Waals surface area contributed by atoms with Crippen LogP contribution in [-0.4, -0.2) is 46.0 Å². The van der Waals surface area contributed by atoms with Crippen molar-refractivity contribution in [3.8, 4) is 0 Å². The van der Waals surface area contributed by atoms with Gasteiger partial charge in [0.2, 0.25) is 0 Å². The van der Waals surface area contributed by atoms with Gasteiger partial charge in [-0.25, -0.2) is 4.79 Å². The zero-order valence-corrected chi connectivity index (χ0v) is 14.2. The molecule has 2 fully saturated rings. The first-order valence-corrected chi connectivity index (χ1v) is 8.87. The molecule has 0 spiro atoms. The molecule has 7 nitrogen and oxygen atoms in total. The summed E-state index contributed by atoms with van der Waals surface area (Å²) in [5, 5.41) is 2.85. The second-order valence-electron chi connectivity index (χ2n) is 7.06. The van der Waals surface area contributed by atoms with E-state index in [1.807, 2.05) is 0 Å². The van der Waals surface area contributed by atoms with Gasteiger partial charge in [0.15, 0.2) is 0 Å². The van der Waals surface area contributed by atoms with E-state index in [2.05, 4.69) is 15.2 Å². The number of hydrogen-bond donors (Lipinski definition) is 2. The van der Waals surface area contributed by atoms with Crippen LogP contribution in [0, 0.1) is 5.92 Å². The highest BCUT2D eigenvalue weighted by atomic mass is 16.2. The van der Waals surface area contributed by atoms with Crippen molar-refractivity contribution in [3.05, 3.63) is 32.6 Å². The van der Waals surface area contributed by atoms with Crippen molar-refractivity contribution in [2.24, 2.45) is 13.0 Å². The van der Waals surface area contributed by atoms with Crippen molar-refractivity contribution in [1.29, 1.82) is 0 Å². The minimum atomic E-state index is -0.633.